The van der Waals surface area contributed by atoms with Crippen LogP contribution in [0.15, 0.2) is 78.0 Å². The van der Waals surface area contributed by atoms with E-state index in [0.29, 0.717) is 30.1 Å². The summed E-state index contributed by atoms with van der Waals surface area (Å²) in [6, 6.07) is 14.3. The highest BCUT2D eigenvalue weighted by Gasteiger charge is 2.43. The average Bonchev–Trinajstić information content (AvgIpc) is 3.11. The summed E-state index contributed by atoms with van der Waals surface area (Å²) in [6.07, 6.45) is 2.63. The van der Waals surface area contributed by atoms with Gasteiger partial charge >= 0.3 is 10.2 Å². The minimum atomic E-state index is -4.61. The summed E-state index contributed by atoms with van der Waals surface area (Å²) in [4.78, 5) is 30.0. The first-order valence-corrected chi connectivity index (χ1v) is 18.1. The van der Waals surface area contributed by atoms with Crippen LogP contribution in [-0.2, 0) is 21.5 Å². The molecular weight excluding hydrogens is 695 g/mol. The second-order valence-electron chi connectivity index (χ2n) is 12.7. The molecule has 2 atom stereocenters. The molecule has 2 aromatic carbocycles. The molecule has 1 amide bonds. The number of amidine groups is 1. The molecule has 51 heavy (non-hydrogen) atoms. The molecule has 0 saturated carbocycles. The zero-order valence-electron chi connectivity index (χ0n) is 28.8. The fourth-order valence-corrected chi connectivity index (χ4v) is 7.82. The van der Waals surface area contributed by atoms with E-state index in [9.17, 15) is 13.2 Å². The maximum atomic E-state index is 15.3. The quantitative estimate of drug-likeness (QED) is 0.207. The van der Waals surface area contributed by atoms with E-state index in [-0.39, 0.29) is 69.9 Å². The van der Waals surface area contributed by atoms with Crippen LogP contribution < -0.4 is 14.4 Å². The molecule has 1 fully saturated rings. The maximum Gasteiger partial charge on any atom is 0.352 e. The molecule has 12 nitrogen and oxygen atoms in total. The summed E-state index contributed by atoms with van der Waals surface area (Å²) in [6.45, 7) is 12.0. The van der Waals surface area contributed by atoms with Crippen LogP contribution in [0.25, 0.3) is 11.3 Å². The van der Waals surface area contributed by atoms with E-state index in [4.69, 9.17) is 21.3 Å². The number of nitrogens with zero attached hydrogens (tertiary/aromatic N) is 7. The van der Waals surface area contributed by atoms with Crippen molar-refractivity contribution < 1.29 is 22.3 Å². The number of rotatable bonds is 8. The fourth-order valence-electron chi connectivity index (χ4n) is 6.30. The van der Waals surface area contributed by atoms with Crippen LogP contribution in [0.4, 0.5) is 21.7 Å². The van der Waals surface area contributed by atoms with E-state index in [1.165, 1.54) is 24.5 Å². The van der Waals surface area contributed by atoms with Crippen molar-refractivity contribution in [1.29, 1.82) is 0 Å². The number of methoxy groups -OCH3 is 1. The Morgan fingerprint density at radius 3 is 2.49 bits per heavy atom. The minimum absolute atomic E-state index is 0.0451. The Kier molecular flexibility index (Phi) is 10.0. The van der Waals surface area contributed by atoms with Gasteiger partial charge in [-0.15, -0.1) is 4.40 Å². The molecule has 2 aromatic heterocycles. The molecule has 0 unspecified atom stereocenters. The molecule has 0 aliphatic carbocycles. The zero-order chi connectivity index (χ0) is 36.6. The number of hydrogen-bond acceptors (Lipinski definition) is 9. The van der Waals surface area contributed by atoms with Crippen LogP contribution in [0.2, 0.25) is 5.02 Å². The van der Waals surface area contributed by atoms with Gasteiger partial charge in [-0.2, -0.15) is 12.7 Å². The fraction of sp³-hybridized carbons (Fsp3) is 0.306. The van der Waals surface area contributed by atoms with Gasteiger partial charge in [0.2, 0.25) is 5.91 Å². The van der Waals surface area contributed by atoms with Crippen molar-refractivity contribution in [3.05, 3.63) is 101 Å². The third kappa shape index (κ3) is 6.85. The Bertz CT molecular complexity index is 2130. The van der Waals surface area contributed by atoms with Gasteiger partial charge in [0.05, 0.1) is 29.1 Å². The maximum absolute atomic E-state index is 15.3. The van der Waals surface area contributed by atoms with E-state index < -0.39 is 16.0 Å². The summed E-state index contributed by atoms with van der Waals surface area (Å²) in [7, 11) is -3.02. The lowest BCUT2D eigenvalue weighted by atomic mass is 10.0. The number of carbonyl (C=O) groups excluding carboxylic acids is 1. The van der Waals surface area contributed by atoms with Crippen molar-refractivity contribution >= 4 is 50.9 Å². The van der Waals surface area contributed by atoms with Gasteiger partial charge in [-0.3, -0.25) is 4.79 Å². The normalized spacial score (nSPS) is 18.3. The Morgan fingerprint density at radius 2 is 1.82 bits per heavy atom. The predicted molar refractivity (Wildman–Crippen MR) is 196 cm³/mol. The summed E-state index contributed by atoms with van der Waals surface area (Å²) in [5, 5.41) is 3.38. The molecule has 1 saturated heterocycles. The highest BCUT2D eigenvalue weighted by atomic mass is 35.5. The standard InChI is InChI=1S/C36H38ClFN8O4S/c1-7-30(47)44-18-23(5)45(19-22(44)4)36-27-16-28(37)32(26-10-8-9-11-29(26)38)42-35(27)46(51(48,49)43-36)33-31(21(2)3)40-20-41-34(33)39-17-24-12-14-25(50-6)15-13-24/h7-16,20-23H,1,17-19H2,2-6H3,(H,39,40,41)/t22-,23+/m1/s1. The second-order valence-corrected chi connectivity index (χ2v) is 14.5. The molecule has 4 heterocycles. The molecule has 0 radical (unpaired) electrons. The Balaban J connectivity index is 1.55. The summed E-state index contributed by atoms with van der Waals surface area (Å²) in [5.74, 6) is -0.0836. The highest BCUT2D eigenvalue weighted by Crippen LogP contribution is 2.45. The lowest BCUT2D eigenvalue weighted by Crippen LogP contribution is -2.60. The first kappa shape index (κ1) is 35.7. The second kappa shape index (κ2) is 14.3. The third-order valence-corrected chi connectivity index (χ3v) is 10.4. The first-order valence-electron chi connectivity index (χ1n) is 16.4. The number of piperazine rings is 1. The van der Waals surface area contributed by atoms with Gasteiger partial charge in [-0.05, 0) is 61.7 Å². The molecule has 266 valence electrons. The number of fused-ring (bicyclic) bond motifs is 1. The summed E-state index contributed by atoms with van der Waals surface area (Å²) in [5.41, 5.74) is 1.88. The molecule has 2 aliphatic heterocycles. The smallest absolute Gasteiger partial charge is 0.352 e. The van der Waals surface area contributed by atoms with Gasteiger partial charge < -0.3 is 19.9 Å². The van der Waals surface area contributed by atoms with Crippen LogP contribution in [0, 0.1) is 5.82 Å². The lowest BCUT2D eigenvalue weighted by molar-refractivity contribution is -0.130. The SMILES string of the molecule is C=CC(=O)N1C[C@H](C)N(C2=NS(=O)(=O)N(c3c(NCc4ccc(OC)cc4)ncnc3C(C)C)c3nc(-c4ccccc4F)c(Cl)cc32)C[C@H]1C. The largest absolute Gasteiger partial charge is 0.497 e. The molecule has 2 aliphatic rings. The van der Waals surface area contributed by atoms with Crippen molar-refractivity contribution in [3.8, 4) is 17.0 Å². The van der Waals surface area contributed by atoms with Crippen LogP contribution >= 0.6 is 11.6 Å². The topological polar surface area (TPSA) is 133 Å². The summed E-state index contributed by atoms with van der Waals surface area (Å²) < 4.78 is 55.3. The molecular formula is C36H38ClFN8O4S. The van der Waals surface area contributed by atoms with Gasteiger partial charge in [0.1, 0.15) is 23.6 Å². The van der Waals surface area contributed by atoms with Crippen molar-refractivity contribution in [2.45, 2.75) is 52.2 Å². The number of halogens is 2. The third-order valence-electron chi connectivity index (χ3n) is 8.89. The predicted octanol–water partition coefficient (Wildman–Crippen LogP) is 6.33. The molecule has 0 spiro atoms. The van der Waals surface area contributed by atoms with Crippen molar-refractivity contribution in [3.63, 3.8) is 0 Å². The van der Waals surface area contributed by atoms with E-state index in [1.54, 1.807) is 30.2 Å². The van der Waals surface area contributed by atoms with E-state index in [1.807, 2.05) is 56.9 Å². The number of amides is 1. The van der Waals surface area contributed by atoms with Crippen LogP contribution in [0.5, 0.6) is 5.75 Å². The Labute approximate surface area is 301 Å². The average molecular weight is 733 g/mol. The van der Waals surface area contributed by atoms with Gasteiger partial charge in [-0.25, -0.2) is 19.3 Å². The van der Waals surface area contributed by atoms with Crippen molar-refractivity contribution in [2.75, 3.05) is 29.8 Å². The van der Waals surface area contributed by atoms with Gasteiger partial charge in [0.15, 0.2) is 17.5 Å². The van der Waals surface area contributed by atoms with Crippen LogP contribution in [0.3, 0.4) is 0 Å². The molecule has 15 heteroatoms. The number of pyridine rings is 1. The van der Waals surface area contributed by atoms with E-state index >= 15 is 4.39 Å². The number of carbonyl (C=O) groups is 1. The van der Waals surface area contributed by atoms with Crippen LogP contribution in [0.1, 0.15) is 50.4 Å². The van der Waals surface area contributed by atoms with Crippen molar-refractivity contribution in [2.24, 2.45) is 4.40 Å². The highest BCUT2D eigenvalue weighted by molar-refractivity contribution is 7.92. The Morgan fingerprint density at radius 1 is 1.10 bits per heavy atom. The number of aromatic nitrogens is 3. The van der Waals surface area contributed by atoms with Crippen LogP contribution in [-0.4, -0.2) is 77.2 Å². The molecule has 1 N–H and O–H groups in total. The number of benzene rings is 2. The molecule has 6 rings (SSSR count). The molecule has 4 aromatic rings. The monoisotopic (exact) mass is 732 g/mol. The number of anilines is 3. The Hall–Kier alpha value is -5.08. The molecule has 0 bridgehead atoms. The van der Waals surface area contributed by atoms with Crippen molar-refractivity contribution in [1.82, 2.24) is 24.8 Å². The first-order chi connectivity index (χ1) is 24.3. The number of nitrogens with one attached hydrogen (secondary N) is 1. The van der Waals surface area contributed by atoms with E-state index in [2.05, 4.69) is 26.3 Å². The number of hydrogen-bond donors (Lipinski definition) is 1. The number of ether oxygens (including phenoxy) is 1. The lowest BCUT2D eigenvalue weighted by Gasteiger charge is -2.46. The van der Waals surface area contributed by atoms with Gasteiger partial charge in [0.25, 0.3) is 0 Å². The summed E-state index contributed by atoms with van der Waals surface area (Å²) >= 11 is 6.86. The zero-order valence-corrected chi connectivity index (χ0v) is 30.4. The van der Waals surface area contributed by atoms with Gasteiger partial charge in [-0.1, -0.05) is 56.3 Å². The van der Waals surface area contributed by atoms with Gasteiger partial charge in [0, 0.05) is 37.3 Å². The minimum Gasteiger partial charge on any atom is -0.497 e. The van der Waals surface area contributed by atoms with E-state index in [0.717, 1.165) is 9.87 Å².